The Balaban J connectivity index is 1.54. The molecule has 0 saturated heterocycles. The van der Waals surface area contributed by atoms with Crippen LogP contribution in [0, 0.1) is 24.1 Å². The number of fused-ring (bicyclic) bond motifs is 1. The van der Waals surface area contributed by atoms with Gasteiger partial charge in [-0.15, -0.1) is 0 Å². The van der Waals surface area contributed by atoms with E-state index in [9.17, 15) is 14.4 Å². The first-order valence-electron chi connectivity index (χ1n) is 9.66. The number of benzene rings is 1. The molecule has 31 heavy (non-hydrogen) atoms. The molecule has 0 N–H and O–H groups in total. The molecular formula is C22H20FN5O3. The lowest BCUT2D eigenvalue weighted by Crippen LogP contribution is -2.23. The van der Waals surface area contributed by atoms with Crippen molar-refractivity contribution in [1.82, 2.24) is 14.5 Å². The van der Waals surface area contributed by atoms with Gasteiger partial charge < -0.3 is 14.4 Å². The summed E-state index contributed by atoms with van der Waals surface area (Å²) in [5.74, 6) is 0.297. The van der Waals surface area contributed by atoms with E-state index in [1.165, 1.54) is 18.3 Å². The molecule has 0 bridgehead atoms. The molecule has 1 atom stereocenters. The molecule has 1 aliphatic rings. The number of aryl methyl sites for hydroxylation is 1. The van der Waals surface area contributed by atoms with E-state index in [-0.39, 0.29) is 29.8 Å². The highest BCUT2D eigenvalue weighted by Gasteiger charge is 2.25. The Labute approximate surface area is 178 Å². The molecule has 1 aromatic carbocycles. The maximum atomic E-state index is 14.7. The molecular weight excluding hydrogens is 401 g/mol. The average Bonchev–Trinajstić information content (AvgIpc) is 3.04. The van der Waals surface area contributed by atoms with Gasteiger partial charge in [0.15, 0.2) is 11.6 Å². The minimum absolute atomic E-state index is 0.0229. The third kappa shape index (κ3) is 4.05. The Morgan fingerprint density at radius 1 is 1.32 bits per heavy atom. The lowest BCUT2D eigenvalue weighted by molar-refractivity contribution is 0.290. The van der Waals surface area contributed by atoms with E-state index in [1.807, 2.05) is 31.9 Å². The van der Waals surface area contributed by atoms with Gasteiger partial charge in [-0.1, -0.05) is 0 Å². The molecule has 9 heteroatoms. The second-order valence-electron chi connectivity index (χ2n) is 7.40. The highest BCUT2D eigenvalue weighted by molar-refractivity contribution is 5.49. The highest BCUT2D eigenvalue weighted by atomic mass is 19.1. The molecule has 2 aromatic heterocycles. The Bertz CT molecular complexity index is 1230. The van der Waals surface area contributed by atoms with Gasteiger partial charge in [0, 0.05) is 31.4 Å². The van der Waals surface area contributed by atoms with Crippen LogP contribution in [0.3, 0.4) is 0 Å². The van der Waals surface area contributed by atoms with Crippen molar-refractivity contribution in [2.45, 2.75) is 33.0 Å². The third-order valence-electron chi connectivity index (χ3n) is 5.15. The summed E-state index contributed by atoms with van der Waals surface area (Å²) in [6, 6.07) is 9.88. The summed E-state index contributed by atoms with van der Waals surface area (Å²) in [6.45, 7) is 4.33. The standard InChI is InChI=1S/C22H20FN5O3/c1-13-4-5-17(10-25-13)31-21-16(9-24)6-15(7-18(21)23)12-30-19-8-20-27(3)14(2)11-28(20)22(29)26-19/h4-8,10,14H,11-12H2,1-3H3/t14-/m1/s1. The minimum atomic E-state index is -0.700. The van der Waals surface area contributed by atoms with Crippen LogP contribution in [0.15, 0.2) is 41.3 Å². The maximum Gasteiger partial charge on any atom is 0.352 e. The molecule has 0 aliphatic carbocycles. The number of likely N-dealkylation sites (N-methyl/N-ethyl adjacent to an activating group) is 1. The first-order valence-corrected chi connectivity index (χ1v) is 9.66. The molecule has 0 unspecified atom stereocenters. The normalized spacial score (nSPS) is 14.8. The molecule has 0 radical (unpaired) electrons. The second-order valence-corrected chi connectivity index (χ2v) is 7.40. The molecule has 1 aliphatic heterocycles. The fraction of sp³-hybridized carbons (Fsp3) is 0.273. The van der Waals surface area contributed by atoms with Crippen LogP contribution in [0.2, 0.25) is 0 Å². The summed E-state index contributed by atoms with van der Waals surface area (Å²) >= 11 is 0. The summed E-state index contributed by atoms with van der Waals surface area (Å²) in [6.07, 6.45) is 1.46. The Kier molecular flexibility index (Phi) is 5.29. The Morgan fingerprint density at radius 3 is 2.84 bits per heavy atom. The Morgan fingerprint density at radius 2 is 2.13 bits per heavy atom. The second kappa shape index (κ2) is 8.07. The van der Waals surface area contributed by atoms with Crippen molar-refractivity contribution in [3.05, 3.63) is 69.7 Å². The van der Waals surface area contributed by atoms with Gasteiger partial charge >= 0.3 is 5.69 Å². The predicted octanol–water partition coefficient (Wildman–Crippen LogP) is 3.17. The van der Waals surface area contributed by atoms with E-state index >= 15 is 0 Å². The average molecular weight is 421 g/mol. The van der Waals surface area contributed by atoms with Crippen LogP contribution in [0.4, 0.5) is 10.2 Å². The van der Waals surface area contributed by atoms with E-state index in [1.54, 1.807) is 22.8 Å². The molecule has 0 saturated carbocycles. The first-order chi connectivity index (χ1) is 14.9. The summed E-state index contributed by atoms with van der Waals surface area (Å²) in [4.78, 5) is 22.3. The zero-order chi connectivity index (χ0) is 22.1. The van der Waals surface area contributed by atoms with Gasteiger partial charge in [0.25, 0.3) is 0 Å². The maximum absolute atomic E-state index is 14.7. The number of rotatable bonds is 5. The van der Waals surface area contributed by atoms with Crippen LogP contribution < -0.4 is 20.1 Å². The van der Waals surface area contributed by atoms with Crippen molar-refractivity contribution >= 4 is 5.82 Å². The SMILES string of the molecule is Cc1ccc(Oc2c(F)cc(COc3cc4n(c(=O)n3)C[C@@H](C)N4C)cc2C#N)cn1. The summed E-state index contributed by atoms with van der Waals surface area (Å²) in [5.41, 5.74) is 0.826. The zero-order valence-electron chi connectivity index (χ0n) is 17.3. The molecule has 3 heterocycles. The van der Waals surface area contributed by atoms with Crippen LogP contribution in [0.1, 0.15) is 23.7 Å². The molecule has 0 fully saturated rings. The molecule has 3 aromatic rings. The number of nitrogens with zero attached hydrogens (tertiary/aromatic N) is 5. The van der Waals surface area contributed by atoms with Crippen molar-refractivity contribution in [2.75, 3.05) is 11.9 Å². The quantitative estimate of drug-likeness (QED) is 0.625. The van der Waals surface area contributed by atoms with Crippen LogP contribution in [0.25, 0.3) is 0 Å². The summed E-state index contributed by atoms with van der Waals surface area (Å²) in [5, 5.41) is 9.46. The highest BCUT2D eigenvalue weighted by Crippen LogP contribution is 2.30. The van der Waals surface area contributed by atoms with Gasteiger partial charge in [-0.2, -0.15) is 10.2 Å². The van der Waals surface area contributed by atoms with Crippen LogP contribution in [-0.4, -0.2) is 27.6 Å². The van der Waals surface area contributed by atoms with Gasteiger partial charge in [-0.25, -0.2) is 9.18 Å². The van der Waals surface area contributed by atoms with Gasteiger partial charge in [0.1, 0.15) is 24.2 Å². The largest absolute Gasteiger partial charge is 0.473 e. The van der Waals surface area contributed by atoms with E-state index in [2.05, 4.69) is 9.97 Å². The van der Waals surface area contributed by atoms with Crippen molar-refractivity contribution in [3.63, 3.8) is 0 Å². The van der Waals surface area contributed by atoms with E-state index < -0.39 is 11.5 Å². The number of halogens is 1. The number of nitriles is 1. The van der Waals surface area contributed by atoms with E-state index in [0.717, 1.165) is 5.69 Å². The van der Waals surface area contributed by atoms with E-state index in [0.29, 0.717) is 23.7 Å². The lowest BCUT2D eigenvalue weighted by Gasteiger charge is -2.16. The minimum Gasteiger partial charge on any atom is -0.473 e. The van der Waals surface area contributed by atoms with Crippen molar-refractivity contribution in [3.8, 4) is 23.4 Å². The van der Waals surface area contributed by atoms with Gasteiger partial charge in [0.05, 0.1) is 11.8 Å². The van der Waals surface area contributed by atoms with Crippen LogP contribution in [-0.2, 0) is 13.2 Å². The van der Waals surface area contributed by atoms with Crippen molar-refractivity contribution in [1.29, 1.82) is 5.26 Å². The van der Waals surface area contributed by atoms with Gasteiger partial charge in [-0.3, -0.25) is 9.55 Å². The molecule has 8 nitrogen and oxygen atoms in total. The van der Waals surface area contributed by atoms with Crippen molar-refractivity contribution < 1.29 is 13.9 Å². The van der Waals surface area contributed by atoms with Gasteiger partial charge in [0.2, 0.25) is 5.88 Å². The van der Waals surface area contributed by atoms with Gasteiger partial charge in [-0.05, 0) is 43.7 Å². The third-order valence-corrected chi connectivity index (χ3v) is 5.15. The van der Waals surface area contributed by atoms with Crippen LogP contribution >= 0.6 is 0 Å². The number of hydrogen-bond donors (Lipinski definition) is 0. The number of pyridine rings is 1. The monoisotopic (exact) mass is 421 g/mol. The molecule has 0 spiro atoms. The fourth-order valence-corrected chi connectivity index (χ4v) is 3.33. The van der Waals surface area contributed by atoms with E-state index in [4.69, 9.17) is 9.47 Å². The molecule has 0 amide bonds. The summed E-state index contributed by atoms with van der Waals surface area (Å²) in [7, 11) is 1.89. The zero-order valence-corrected chi connectivity index (χ0v) is 17.3. The molecule has 4 rings (SSSR count). The Hall–Kier alpha value is -3.93. The number of aromatic nitrogens is 3. The first kappa shape index (κ1) is 20.3. The predicted molar refractivity (Wildman–Crippen MR) is 111 cm³/mol. The summed E-state index contributed by atoms with van der Waals surface area (Å²) < 4.78 is 27.4. The fourth-order valence-electron chi connectivity index (χ4n) is 3.33. The molecule has 158 valence electrons. The van der Waals surface area contributed by atoms with Crippen molar-refractivity contribution in [2.24, 2.45) is 0 Å². The number of anilines is 1. The van der Waals surface area contributed by atoms with Crippen LogP contribution in [0.5, 0.6) is 17.4 Å². The number of hydrogen-bond acceptors (Lipinski definition) is 7. The number of ether oxygens (including phenoxy) is 2. The topological polar surface area (TPSA) is 93.3 Å². The smallest absolute Gasteiger partial charge is 0.352 e. The lowest BCUT2D eigenvalue weighted by atomic mass is 10.1.